The average molecular weight is 224 g/mol. The van der Waals surface area contributed by atoms with Crippen molar-refractivity contribution >= 4 is 5.97 Å². The van der Waals surface area contributed by atoms with E-state index in [9.17, 15) is 4.79 Å². The summed E-state index contributed by atoms with van der Waals surface area (Å²) in [6, 6.07) is 0. The van der Waals surface area contributed by atoms with Crippen LogP contribution in [0, 0.1) is 5.41 Å². The van der Waals surface area contributed by atoms with Gasteiger partial charge in [0.1, 0.15) is 11.5 Å². The van der Waals surface area contributed by atoms with Crippen LogP contribution in [0.4, 0.5) is 0 Å². The van der Waals surface area contributed by atoms with Gasteiger partial charge in [0, 0.05) is 6.42 Å². The molecule has 1 aliphatic heterocycles. The average Bonchev–Trinajstić information content (AvgIpc) is 2.59. The molecule has 2 aliphatic rings. The summed E-state index contributed by atoms with van der Waals surface area (Å²) in [5.74, 6) is -0.220. The molecule has 0 amide bonds. The van der Waals surface area contributed by atoms with Crippen LogP contribution in [0.5, 0.6) is 0 Å². The highest BCUT2D eigenvalue weighted by atomic mass is 16.6. The number of esters is 1. The van der Waals surface area contributed by atoms with Gasteiger partial charge in [0.05, 0.1) is 13.2 Å². The smallest absolute Gasteiger partial charge is 0.320 e. The summed E-state index contributed by atoms with van der Waals surface area (Å²) in [4.78, 5) is 11.6. The summed E-state index contributed by atoms with van der Waals surface area (Å²) in [6.45, 7) is 1.81. The van der Waals surface area contributed by atoms with Crippen molar-refractivity contribution in [2.24, 2.45) is 5.41 Å². The standard InChI is InChI=1S/C12H16O4/c1-8(6-13)2-3-12-5-9(7-14)4-10(12)16-11(12)15/h2,5,10,13-14H,3-4,6-7H2,1H3/b8-2+/t10-,12+/m0/s1. The van der Waals surface area contributed by atoms with E-state index in [0.29, 0.717) is 12.8 Å². The largest absolute Gasteiger partial charge is 0.460 e. The Balaban J connectivity index is 2.16. The number of aliphatic hydroxyl groups is 2. The number of fused-ring (bicyclic) bond motifs is 1. The number of aliphatic hydroxyl groups excluding tert-OH is 2. The van der Waals surface area contributed by atoms with Crippen molar-refractivity contribution in [1.29, 1.82) is 0 Å². The second-order valence-corrected chi connectivity index (χ2v) is 4.51. The molecule has 0 aromatic heterocycles. The Labute approximate surface area is 94.2 Å². The van der Waals surface area contributed by atoms with Crippen molar-refractivity contribution in [1.82, 2.24) is 0 Å². The maximum Gasteiger partial charge on any atom is 0.320 e. The summed E-state index contributed by atoms with van der Waals surface area (Å²) in [5.41, 5.74) is 1.14. The fourth-order valence-electron chi connectivity index (χ4n) is 2.25. The van der Waals surface area contributed by atoms with Gasteiger partial charge in [0.2, 0.25) is 0 Å². The normalized spacial score (nSPS) is 32.9. The van der Waals surface area contributed by atoms with E-state index in [4.69, 9.17) is 14.9 Å². The van der Waals surface area contributed by atoms with E-state index in [0.717, 1.165) is 11.1 Å². The third kappa shape index (κ3) is 1.58. The van der Waals surface area contributed by atoms with Crippen LogP contribution in [0.25, 0.3) is 0 Å². The lowest BCUT2D eigenvalue weighted by Gasteiger charge is -2.41. The second kappa shape index (κ2) is 4.03. The molecule has 0 unspecified atom stereocenters. The molecule has 0 spiro atoms. The van der Waals surface area contributed by atoms with Gasteiger partial charge < -0.3 is 14.9 Å². The van der Waals surface area contributed by atoms with E-state index in [1.54, 1.807) is 0 Å². The van der Waals surface area contributed by atoms with Crippen LogP contribution in [-0.2, 0) is 9.53 Å². The fourth-order valence-corrected chi connectivity index (χ4v) is 2.25. The summed E-state index contributed by atoms with van der Waals surface area (Å²) in [5, 5.41) is 18.0. The van der Waals surface area contributed by atoms with Gasteiger partial charge in [-0.2, -0.15) is 0 Å². The number of ether oxygens (including phenoxy) is 1. The zero-order valence-electron chi connectivity index (χ0n) is 9.27. The summed E-state index contributed by atoms with van der Waals surface area (Å²) in [6.07, 6.45) is 4.76. The van der Waals surface area contributed by atoms with Crippen molar-refractivity contribution in [3.8, 4) is 0 Å². The molecular formula is C12H16O4. The molecule has 16 heavy (non-hydrogen) atoms. The maximum absolute atomic E-state index is 11.6. The second-order valence-electron chi connectivity index (χ2n) is 4.51. The van der Waals surface area contributed by atoms with Gasteiger partial charge in [-0.3, -0.25) is 4.79 Å². The number of allylic oxidation sites excluding steroid dienone is 1. The first-order valence-corrected chi connectivity index (χ1v) is 5.41. The van der Waals surface area contributed by atoms with E-state index in [1.165, 1.54) is 0 Å². The van der Waals surface area contributed by atoms with Gasteiger partial charge in [-0.15, -0.1) is 0 Å². The van der Waals surface area contributed by atoms with Crippen LogP contribution < -0.4 is 0 Å². The Kier molecular flexibility index (Phi) is 2.86. The minimum atomic E-state index is -0.575. The van der Waals surface area contributed by atoms with Crippen molar-refractivity contribution in [3.05, 3.63) is 23.3 Å². The fraction of sp³-hybridized carbons (Fsp3) is 0.583. The zero-order chi connectivity index (χ0) is 11.8. The van der Waals surface area contributed by atoms with Gasteiger partial charge in [-0.1, -0.05) is 17.7 Å². The topological polar surface area (TPSA) is 66.8 Å². The first-order chi connectivity index (χ1) is 7.62. The number of carbonyl (C=O) groups excluding carboxylic acids is 1. The van der Waals surface area contributed by atoms with E-state index >= 15 is 0 Å². The Morgan fingerprint density at radius 2 is 2.44 bits per heavy atom. The number of rotatable bonds is 4. The highest BCUT2D eigenvalue weighted by Gasteiger charge is 2.58. The Bertz CT molecular complexity index is 369. The van der Waals surface area contributed by atoms with Crippen LogP contribution >= 0.6 is 0 Å². The van der Waals surface area contributed by atoms with Gasteiger partial charge in [0.15, 0.2) is 0 Å². The van der Waals surface area contributed by atoms with Crippen molar-refractivity contribution in [2.45, 2.75) is 25.9 Å². The zero-order valence-corrected chi connectivity index (χ0v) is 9.27. The third-order valence-corrected chi connectivity index (χ3v) is 3.35. The molecule has 0 bridgehead atoms. The van der Waals surface area contributed by atoms with E-state index in [1.807, 2.05) is 19.1 Å². The Morgan fingerprint density at radius 1 is 1.69 bits per heavy atom. The monoisotopic (exact) mass is 224 g/mol. The Hall–Kier alpha value is -1.13. The lowest BCUT2D eigenvalue weighted by Crippen LogP contribution is -2.52. The minimum absolute atomic E-state index is 0.00632. The summed E-state index contributed by atoms with van der Waals surface area (Å²) < 4.78 is 5.07. The molecule has 0 aromatic carbocycles. The lowest BCUT2D eigenvalue weighted by molar-refractivity contribution is -0.194. The van der Waals surface area contributed by atoms with Crippen molar-refractivity contribution in [3.63, 3.8) is 0 Å². The first kappa shape index (κ1) is 11.4. The van der Waals surface area contributed by atoms with Crippen LogP contribution in [-0.4, -0.2) is 35.5 Å². The molecular weight excluding hydrogens is 208 g/mol. The number of hydrogen-bond donors (Lipinski definition) is 2. The Morgan fingerprint density at radius 3 is 3.00 bits per heavy atom. The van der Waals surface area contributed by atoms with Gasteiger partial charge in [0.25, 0.3) is 0 Å². The predicted octanol–water partition coefficient (Wildman–Crippen LogP) is 0.549. The van der Waals surface area contributed by atoms with Crippen molar-refractivity contribution < 1.29 is 19.7 Å². The van der Waals surface area contributed by atoms with Crippen LogP contribution in [0.2, 0.25) is 0 Å². The van der Waals surface area contributed by atoms with Gasteiger partial charge in [-0.05, 0) is 18.9 Å². The molecule has 1 fully saturated rings. The molecule has 0 saturated carbocycles. The van der Waals surface area contributed by atoms with Crippen LogP contribution in [0.15, 0.2) is 23.3 Å². The lowest BCUT2D eigenvalue weighted by atomic mass is 9.77. The SMILES string of the molecule is C/C(=C\C[C@@]12C=C(CO)C[C@@H]1OC2=O)CO. The molecule has 1 heterocycles. The molecule has 2 rings (SSSR count). The third-order valence-electron chi connectivity index (χ3n) is 3.35. The molecule has 4 heteroatoms. The highest BCUT2D eigenvalue weighted by molar-refractivity contribution is 5.87. The maximum atomic E-state index is 11.6. The molecule has 1 saturated heterocycles. The van der Waals surface area contributed by atoms with Crippen molar-refractivity contribution in [2.75, 3.05) is 13.2 Å². The molecule has 88 valence electrons. The predicted molar refractivity (Wildman–Crippen MR) is 57.6 cm³/mol. The van der Waals surface area contributed by atoms with Crippen LogP contribution in [0.3, 0.4) is 0 Å². The molecule has 0 aromatic rings. The van der Waals surface area contributed by atoms with E-state index in [2.05, 4.69) is 0 Å². The molecule has 2 atom stereocenters. The first-order valence-electron chi connectivity index (χ1n) is 5.41. The number of hydrogen-bond acceptors (Lipinski definition) is 4. The molecule has 0 radical (unpaired) electrons. The molecule has 4 nitrogen and oxygen atoms in total. The number of carbonyl (C=O) groups is 1. The van der Waals surface area contributed by atoms with E-state index in [-0.39, 0.29) is 25.3 Å². The molecule has 2 N–H and O–H groups in total. The quantitative estimate of drug-likeness (QED) is 0.540. The van der Waals surface area contributed by atoms with Gasteiger partial charge >= 0.3 is 5.97 Å². The van der Waals surface area contributed by atoms with Crippen LogP contribution in [0.1, 0.15) is 19.8 Å². The van der Waals surface area contributed by atoms with E-state index < -0.39 is 5.41 Å². The highest BCUT2D eigenvalue weighted by Crippen LogP contribution is 2.50. The summed E-state index contributed by atoms with van der Waals surface area (Å²) in [7, 11) is 0. The molecule has 1 aliphatic carbocycles. The minimum Gasteiger partial charge on any atom is -0.460 e. The van der Waals surface area contributed by atoms with Gasteiger partial charge in [-0.25, -0.2) is 0 Å². The summed E-state index contributed by atoms with van der Waals surface area (Å²) >= 11 is 0.